The Hall–Kier alpha value is -1.95. The second kappa shape index (κ2) is 6.00. The monoisotopic (exact) mass is 299 g/mol. The third kappa shape index (κ3) is 3.33. The molecule has 7 heteroatoms. The van der Waals surface area contributed by atoms with Crippen molar-refractivity contribution in [2.75, 3.05) is 13.2 Å². The van der Waals surface area contributed by atoms with Crippen molar-refractivity contribution in [2.45, 2.75) is 12.5 Å². The first-order valence-corrected chi connectivity index (χ1v) is 6.46. The van der Waals surface area contributed by atoms with Crippen LogP contribution in [0.4, 0.5) is 4.79 Å². The van der Waals surface area contributed by atoms with E-state index in [1.165, 1.54) is 0 Å². The van der Waals surface area contributed by atoms with Gasteiger partial charge in [-0.2, -0.15) is 0 Å². The topological polar surface area (TPSA) is 87.1 Å². The van der Waals surface area contributed by atoms with E-state index in [-0.39, 0.29) is 25.5 Å². The summed E-state index contributed by atoms with van der Waals surface area (Å²) < 4.78 is 5.53. The van der Waals surface area contributed by atoms with Crippen LogP contribution in [0.5, 0.6) is 5.75 Å². The van der Waals surface area contributed by atoms with E-state index in [0.29, 0.717) is 10.8 Å². The predicted octanol–water partition coefficient (Wildman–Crippen LogP) is 2.17. The first kappa shape index (κ1) is 14.5. The molecule has 2 rings (SSSR count). The maximum absolute atomic E-state index is 11.0. The van der Waals surface area contributed by atoms with Crippen molar-refractivity contribution >= 4 is 23.7 Å². The molecule has 1 fully saturated rings. The number of carboxylic acid groups (broad SMARTS) is 2. The highest BCUT2D eigenvalue weighted by atomic mass is 35.5. The molecule has 1 amide bonds. The summed E-state index contributed by atoms with van der Waals surface area (Å²) >= 11 is 5.83. The minimum atomic E-state index is -1.22. The molecule has 6 nitrogen and oxygen atoms in total. The van der Waals surface area contributed by atoms with E-state index >= 15 is 0 Å². The lowest BCUT2D eigenvalue weighted by Gasteiger charge is -2.16. The largest absolute Gasteiger partial charge is 0.493 e. The second-order valence-electron chi connectivity index (χ2n) is 4.66. The van der Waals surface area contributed by atoms with E-state index in [9.17, 15) is 9.59 Å². The number of rotatable bonds is 4. The zero-order valence-electron chi connectivity index (χ0n) is 10.5. The van der Waals surface area contributed by atoms with Crippen molar-refractivity contribution in [3.8, 4) is 5.75 Å². The minimum absolute atomic E-state index is 0.147. The molecule has 0 unspecified atom stereocenters. The second-order valence-corrected chi connectivity index (χ2v) is 5.10. The van der Waals surface area contributed by atoms with E-state index in [2.05, 4.69) is 0 Å². The van der Waals surface area contributed by atoms with Gasteiger partial charge in [0.05, 0.1) is 6.61 Å². The molecule has 0 spiro atoms. The SMILES string of the molecule is O=C(O)[C@@H]1C[C@H](COc2cccc(Cl)c2)CN1C(=O)O. The van der Waals surface area contributed by atoms with Crippen LogP contribution in [0.2, 0.25) is 5.02 Å². The number of carboxylic acids is 1. The summed E-state index contributed by atoms with van der Waals surface area (Å²) in [6.07, 6.45) is -0.968. The molecule has 20 heavy (non-hydrogen) atoms. The zero-order valence-corrected chi connectivity index (χ0v) is 11.3. The van der Waals surface area contributed by atoms with Crippen LogP contribution in [0.1, 0.15) is 6.42 Å². The summed E-state index contributed by atoms with van der Waals surface area (Å²) in [5, 5.41) is 18.5. The number of hydrogen-bond donors (Lipinski definition) is 2. The Labute approximate surface area is 120 Å². The standard InChI is InChI=1S/C13H14ClNO5/c14-9-2-1-3-10(5-9)20-7-8-4-11(12(16)17)15(6-8)13(18)19/h1-3,5,8,11H,4,6-7H2,(H,16,17)(H,18,19)/t8-,11-/m0/s1. The van der Waals surface area contributed by atoms with Crippen LogP contribution >= 0.6 is 11.6 Å². The summed E-state index contributed by atoms with van der Waals surface area (Å²) in [5.41, 5.74) is 0. The van der Waals surface area contributed by atoms with Gasteiger partial charge in [-0.05, 0) is 24.6 Å². The summed E-state index contributed by atoms with van der Waals surface area (Å²) in [7, 11) is 0. The van der Waals surface area contributed by atoms with Crippen LogP contribution in [-0.4, -0.2) is 46.4 Å². The van der Waals surface area contributed by atoms with Gasteiger partial charge in [0.25, 0.3) is 0 Å². The lowest BCUT2D eigenvalue weighted by Crippen LogP contribution is -2.39. The molecule has 1 saturated heterocycles. The van der Waals surface area contributed by atoms with Crippen LogP contribution in [0.3, 0.4) is 0 Å². The third-order valence-electron chi connectivity index (χ3n) is 3.20. The normalized spacial score (nSPS) is 21.8. The first-order valence-electron chi connectivity index (χ1n) is 6.08. The van der Waals surface area contributed by atoms with Crippen molar-refractivity contribution in [2.24, 2.45) is 5.92 Å². The molecular formula is C13H14ClNO5. The lowest BCUT2D eigenvalue weighted by atomic mass is 10.1. The fraction of sp³-hybridized carbons (Fsp3) is 0.385. The summed E-state index contributed by atoms with van der Waals surface area (Å²) in [4.78, 5) is 22.9. The molecule has 0 saturated carbocycles. The zero-order chi connectivity index (χ0) is 14.7. The van der Waals surface area contributed by atoms with E-state index in [1.807, 2.05) is 0 Å². The van der Waals surface area contributed by atoms with Crippen molar-refractivity contribution in [3.05, 3.63) is 29.3 Å². The third-order valence-corrected chi connectivity index (χ3v) is 3.44. The highest BCUT2D eigenvalue weighted by Crippen LogP contribution is 2.25. The van der Waals surface area contributed by atoms with Gasteiger partial charge >= 0.3 is 12.1 Å². The Morgan fingerprint density at radius 3 is 2.70 bits per heavy atom. The molecule has 1 aliphatic rings. The molecule has 2 N–H and O–H groups in total. The molecule has 0 aliphatic carbocycles. The lowest BCUT2D eigenvalue weighted by molar-refractivity contribution is -0.141. The van der Waals surface area contributed by atoms with Crippen LogP contribution in [0, 0.1) is 5.92 Å². The molecule has 1 aromatic carbocycles. The molecule has 0 bridgehead atoms. The average Bonchev–Trinajstić information content (AvgIpc) is 2.81. The van der Waals surface area contributed by atoms with Gasteiger partial charge in [0.1, 0.15) is 11.8 Å². The van der Waals surface area contributed by atoms with E-state index < -0.39 is 18.1 Å². The number of nitrogens with zero attached hydrogens (tertiary/aromatic N) is 1. The van der Waals surface area contributed by atoms with Crippen molar-refractivity contribution in [1.82, 2.24) is 4.90 Å². The molecule has 108 valence electrons. The first-order chi connectivity index (χ1) is 9.47. The number of likely N-dealkylation sites (tertiary alicyclic amines) is 1. The summed E-state index contributed by atoms with van der Waals surface area (Å²) in [5.74, 6) is -0.693. The molecular weight excluding hydrogens is 286 g/mol. The summed E-state index contributed by atoms with van der Waals surface area (Å²) in [6, 6.07) is 5.86. The molecule has 1 aliphatic heterocycles. The predicted molar refractivity (Wildman–Crippen MR) is 71.2 cm³/mol. The van der Waals surface area contributed by atoms with Crippen molar-refractivity contribution in [3.63, 3.8) is 0 Å². The van der Waals surface area contributed by atoms with Gasteiger partial charge < -0.3 is 14.9 Å². The number of hydrogen-bond acceptors (Lipinski definition) is 3. The van der Waals surface area contributed by atoms with E-state index in [0.717, 1.165) is 4.90 Å². The Morgan fingerprint density at radius 2 is 2.15 bits per heavy atom. The molecule has 2 atom stereocenters. The van der Waals surface area contributed by atoms with E-state index in [4.69, 9.17) is 26.6 Å². The van der Waals surface area contributed by atoms with Gasteiger partial charge in [-0.1, -0.05) is 17.7 Å². The quantitative estimate of drug-likeness (QED) is 0.889. The number of ether oxygens (including phenoxy) is 1. The Balaban J connectivity index is 1.95. The number of benzene rings is 1. The number of halogens is 1. The maximum Gasteiger partial charge on any atom is 0.408 e. The van der Waals surface area contributed by atoms with Crippen molar-refractivity contribution < 1.29 is 24.5 Å². The van der Waals surface area contributed by atoms with Gasteiger partial charge in [0.2, 0.25) is 0 Å². The fourth-order valence-electron chi connectivity index (χ4n) is 2.26. The summed E-state index contributed by atoms with van der Waals surface area (Å²) in [6.45, 7) is 0.417. The maximum atomic E-state index is 11.0. The van der Waals surface area contributed by atoms with Gasteiger partial charge in [-0.25, -0.2) is 9.59 Å². The van der Waals surface area contributed by atoms with Crippen molar-refractivity contribution in [1.29, 1.82) is 0 Å². The van der Waals surface area contributed by atoms with Gasteiger partial charge in [0, 0.05) is 17.5 Å². The van der Waals surface area contributed by atoms with Gasteiger partial charge in [-0.3, -0.25) is 4.90 Å². The van der Waals surface area contributed by atoms with Gasteiger partial charge in [0.15, 0.2) is 0 Å². The Kier molecular flexibility index (Phi) is 4.34. The highest BCUT2D eigenvalue weighted by Gasteiger charge is 2.39. The Bertz CT molecular complexity index is 499. The molecule has 1 heterocycles. The van der Waals surface area contributed by atoms with Gasteiger partial charge in [-0.15, -0.1) is 0 Å². The van der Waals surface area contributed by atoms with E-state index in [1.54, 1.807) is 24.3 Å². The minimum Gasteiger partial charge on any atom is -0.493 e. The molecule has 0 aromatic heterocycles. The average molecular weight is 300 g/mol. The van der Waals surface area contributed by atoms with Crippen LogP contribution in [-0.2, 0) is 4.79 Å². The van der Waals surface area contributed by atoms with Crippen LogP contribution < -0.4 is 4.74 Å². The number of aliphatic carboxylic acids is 1. The van der Waals surface area contributed by atoms with Crippen LogP contribution in [0.15, 0.2) is 24.3 Å². The molecule has 0 radical (unpaired) electrons. The smallest absolute Gasteiger partial charge is 0.408 e. The number of amides is 1. The number of carbonyl (C=O) groups is 2. The van der Waals surface area contributed by atoms with Crippen LogP contribution in [0.25, 0.3) is 0 Å². The Morgan fingerprint density at radius 1 is 1.40 bits per heavy atom. The fourth-order valence-corrected chi connectivity index (χ4v) is 2.44. The highest BCUT2D eigenvalue weighted by molar-refractivity contribution is 6.30. The molecule has 1 aromatic rings.